The number of hydrogen-bond acceptors (Lipinski definition) is 22. The van der Waals surface area contributed by atoms with Crippen LogP contribution in [0.15, 0.2) is 152 Å². The van der Waals surface area contributed by atoms with Gasteiger partial charge in [0.15, 0.2) is 0 Å². The summed E-state index contributed by atoms with van der Waals surface area (Å²) in [5, 5.41) is 24.7. The molecule has 8 bridgehead atoms. The molecule has 0 N–H and O–H groups in total. The van der Waals surface area contributed by atoms with Crippen molar-refractivity contribution in [2.24, 2.45) is 0 Å². The van der Waals surface area contributed by atoms with Crippen LogP contribution in [0.2, 0.25) is 0 Å². The van der Waals surface area contributed by atoms with E-state index in [2.05, 4.69) is 0 Å². The topological polar surface area (TPSA) is 323 Å². The van der Waals surface area contributed by atoms with E-state index in [9.17, 15) is 63.4 Å². The van der Waals surface area contributed by atoms with Gasteiger partial charge in [0.05, 0.1) is 9.85 Å². The molecule has 4 atom stereocenters. The Labute approximate surface area is 535 Å². The maximum atomic E-state index is 13.7. The average Bonchev–Trinajstić information content (AvgIpc) is 0.741. The minimum atomic E-state index is -1.43. The van der Waals surface area contributed by atoms with Crippen molar-refractivity contribution in [1.29, 1.82) is 0 Å². The fourth-order valence-corrected chi connectivity index (χ4v) is 11.3. The van der Waals surface area contributed by atoms with Crippen LogP contribution >= 0.6 is 0 Å². The van der Waals surface area contributed by atoms with E-state index >= 15 is 0 Å². The summed E-state index contributed by atoms with van der Waals surface area (Å²) in [5.41, 5.74) is 0.765. The van der Waals surface area contributed by atoms with Gasteiger partial charge in [-0.3, -0.25) is 63.4 Å². The second kappa shape index (κ2) is 27.9. The van der Waals surface area contributed by atoms with Gasteiger partial charge in [-0.2, -0.15) is 0 Å². The van der Waals surface area contributed by atoms with Gasteiger partial charge in [-0.05, 0) is 76.3 Å². The first kappa shape index (κ1) is 66.2. The van der Waals surface area contributed by atoms with Gasteiger partial charge in [-0.25, -0.2) is 0 Å². The molecule has 0 fully saturated rings. The molecule has 9 rings (SSSR count). The van der Waals surface area contributed by atoms with Gasteiger partial charge < -0.3 is 42.6 Å². The Morgan fingerprint density at radius 3 is 0.723 bits per heavy atom. The molecule has 0 radical (unpaired) electrons. The Morgan fingerprint density at radius 1 is 0.255 bits per heavy atom. The van der Waals surface area contributed by atoms with Gasteiger partial charge in [-0.15, -0.1) is 0 Å². The largest absolute Gasteiger partial charge is 0.427 e. The lowest BCUT2D eigenvalue weighted by molar-refractivity contribution is -0.385. The number of ether oxygens (including phenoxy) is 9. The lowest BCUT2D eigenvalue weighted by Crippen LogP contribution is -2.19. The van der Waals surface area contributed by atoms with E-state index in [1.807, 2.05) is 0 Å². The Balaban J connectivity index is 1.62. The molecule has 8 aromatic rings. The van der Waals surface area contributed by atoms with Crippen LogP contribution in [0.3, 0.4) is 0 Å². The van der Waals surface area contributed by atoms with Crippen molar-refractivity contribution in [1.82, 2.24) is 0 Å². The van der Waals surface area contributed by atoms with Crippen LogP contribution in [0.5, 0.6) is 51.7 Å². The van der Waals surface area contributed by atoms with Crippen molar-refractivity contribution in [3.05, 3.63) is 239 Å². The quantitative estimate of drug-likeness (QED) is 0.0398. The molecule has 0 spiro atoms. The number of carbonyl (C=O) groups is 9. The highest BCUT2D eigenvalue weighted by molar-refractivity contribution is 5.80. The summed E-state index contributed by atoms with van der Waals surface area (Å²) in [5.74, 6) is -14.8. The zero-order chi connectivity index (χ0) is 68.0. The predicted molar refractivity (Wildman–Crippen MR) is 330 cm³/mol. The summed E-state index contributed by atoms with van der Waals surface area (Å²) >= 11 is 0. The lowest BCUT2D eigenvalue weighted by atomic mass is 9.75. The third-order valence-electron chi connectivity index (χ3n) is 14.6. The maximum Gasteiger partial charge on any atom is 0.308 e. The van der Waals surface area contributed by atoms with E-state index in [0.717, 1.165) is 48.5 Å². The second-order valence-electron chi connectivity index (χ2n) is 21.5. The monoisotopic (exact) mass is 1280 g/mol. The number of esters is 9. The lowest BCUT2D eigenvalue weighted by Gasteiger charge is -2.31. The van der Waals surface area contributed by atoms with Gasteiger partial charge in [0, 0.05) is 167 Å². The zero-order valence-corrected chi connectivity index (χ0v) is 51.6. The molecule has 4 unspecified atom stereocenters. The molecule has 24 nitrogen and oxygen atoms in total. The molecule has 0 aromatic heterocycles. The average molecular weight is 1280 g/mol. The first-order valence-corrected chi connectivity index (χ1v) is 28.6. The summed E-state index contributed by atoms with van der Waals surface area (Å²) < 4.78 is 53.6. The number of non-ortho nitro benzene ring substituents is 2. The number of carbonyl (C=O) groups excluding carboxylic acids is 9. The Morgan fingerprint density at radius 2 is 0.468 bits per heavy atom. The van der Waals surface area contributed by atoms with Gasteiger partial charge in [0.1, 0.15) is 51.7 Å². The van der Waals surface area contributed by atoms with E-state index in [-0.39, 0.29) is 130 Å². The van der Waals surface area contributed by atoms with Crippen molar-refractivity contribution in [2.75, 3.05) is 0 Å². The first-order valence-electron chi connectivity index (χ1n) is 28.6. The highest BCUT2D eigenvalue weighted by Crippen LogP contribution is 2.54. The van der Waals surface area contributed by atoms with Crippen LogP contribution in [0.4, 0.5) is 11.4 Å². The summed E-state index contributed by atoms with van der Waals surface area (Å²) in [6.45, 7) is 10.1. The van der Waals surface area contributed by atoms with E-state index in [1.54, 1.807) is 24.3 Å². The Hall–Kier alpha value is -12.2. The molecule has 8 aromatic carbocycles. The highest BCUT2D eigenvalue weighted by Gasteiger charge is 2.38. The first-order chi connectivity index (χ1) is 44.6. The minimum absolute atomic E-state index is 0.00131. The van der Waals surface area contributed by atoms with Crippen molar-refractivity contribution in [2.45, 2.75) is 86.0 Å². The van der Waals surface area contributed by atoms with E-state index < -0.39 is 87.2 Å². The normalized spacial score (nSPS) is 14.6. The van der Waals surface area contributed by atoms with Crippen LogP contribution in [-0.2, 0) is 43.2 Å². The summed E-state index contributed by atoms with van der Waals surface area (Å²) in [6, 6.07) is 35.3. The summed E-state index contributed by atoms with van der Waals surface area (Å²) in [4.78, 5) is 143. The maximum absolute atomic E-state index is 13.7. The SMILES string of the molecule is CC(=O)Oc1ccc(C2c3cc(c(OC(C)=O)cc3OC(C)=O)C(c3ccc([N+](=O)[O-])cc3)c3ccc(OC(C)=O)c(c3)C(c3ccc([N+](=O)[O-])cc3)c3cc(c(OC(C)=O)cc3OC(C)=O)C(c3ccc(OC(C)=O)cc3)c3cc2c(OC(C)=O)cc3OC(C)=O)cc1. The molecule has 1 aliphatic carbocycles. The van der Waals surface area contributed by atoms with Crippen LogP contribution < -0.4 is 42.6 Å². The molecular formula is C70H56N2O22. The molecule has 0 heterocycles. The summed E-state index contributed by atoms with van der Waals surface area (Å²) in [6.07, 6.45) is 0. The highest BCUT2D eigenvalue weighted by atomic mass is 16.6. The van der Waals surface area contributed by atoms with Gasteiger partial charge in [0.2, 0.25) is 0 Å². The van der Waals surface area contributed by atoms with Crippen molar-refractivity contribution in [3.63, 3.8) is 0 Å². The Kier molecular flexibility index (Phi) is 19.6. The van der Waals surface area contributed by atoms with Gasteiger partial charge in [-0.1, -0.05) is 60.7 Å². The van der Waals surface area contributed by atoms with Crippen LogP contribution in [0.25, 0.3) is 0 Å². The fourth-order valence-electron chi connectivity index (χ4n) is 11.3. The van der Waals surface area contributed by atoms with Crippen molar-refractivity contribution >= 4 is 65.1 Å². The van der Waals surface area contributed by atoms with E-state index in [1.165, 1.54) is 141 Å². The third-order valence-corrected chi connectivity index (χ3v) is 14.6. The number of nitro groups is 2. The molecule has 1 aliphatic rings. The molecule has 0 saturated carbocycles. The van der Waals surface area contributed by atoms with Gasteiger partial charge in [0.25, 0.3) is 11.4 Å². The standard InChI is InChI=1S/C70H56N2O22/c1-35(73)86-51-23-14-46(15-24-51)69-55-29-54(61(89-38(4)76)32-62(55)90-39(5)77)67(44-10-19-49(20-11-44)71(82)83)48-18-27-60(88-37(3)75)53(28-48)68(45-12-21-50(22-13-45)72(84)85)56-30-57(64(92-41(7)79)33-63(56)91-40(6)78)70(47-16-25-52(26-17-47)87-36(2)74)59-31-58(69)65(93-42(8)80)34-66(59)94-43(9)81/h10-34,67-70H,1-9H3. The van der Waals surface area contributed by atoms with E-state index in [0.29, 0.717) is 0 Å². The molecule has 0 amide bonds. The molecule has 94 heavy (non-hydrogen) atoms. The Bertz CT molecular complexity index is 4420. The molecule has 0 aliphatic heterocycles. The number of nitrogens with zero attached hydrogens (tertiary/aromatic N) is 2. The molecule has 24 heteroatoms. The van der Waals surface area contributed by atoms with Crippen molar-refractivity contribution < 1.29 is 95.6 Å². The van der Waals surface area contributed by atoms with Crippen LogP contribution in [0.1, 0.15) is 153 Å². The molecule has 478 valence electrons. The van der Waals surface area contributed by atoms with Crippen molar-refractivity contribution in [3.8, 4) is 51.7 Å². The smallest absolute Gasteiger partial charge is 0.308 e. The number of fused-ring (bicyclic) bond motifs is 8. The number of benzene rings is 8. The number of rotatable bonds is 15. The molecule has 0 saturated heterocycles. The second-order valence-corrected chi connectivity index (χ2v) is 21.5. The third kappa shape index (κ3) is 15.2. The molecular weight excluding hydrogens is 1220 g/mol. The minimum Gasteiger partial charge on any atom is -0.427 e. The van der Waals surface area contributed by atoms with E-state index in [4.69, 9.17) is 42.6 Å². The zero-order valence-electron chi connectivity index (χ0n) is 51.6. The van der Waals surface area contributed by atoms with Crippen LogP contribution in [-0.4, -0.2) is 63.6 Å². The fraction of sp³-hybridized carbons (Fsp3) is 0.186. The van der Waals surface area contributed by atoms with Gasteiger partial charge >= 0.3 is 53.7 Å². The number of hydrogen-bond donors (Lipinski definition) is 0. The summed E-state index contributed by atoms with van der Waals surface area (Å²) in [7, 11) is 0. The predicted octanol–water partition coefficient (Wildman–Crippen LogP) is 11.9. The number of nitro benzene ring substituents is 2. The van der Waals surface area contributed by atoms with Crippen LogP contribution in [0, 0.1) is 20.2 Å².